The van der Waals surface area contributed by atoms with Gasteiger partial charge >= 0.3 is 22.4 Å². The van der Waals surface area contributed by atoms with Gasteiger partial charge in [-0.2, -0.15) is 26.7 Å². The van der Waals surface area contributed by atoms with Crippen LogP contribution in [0.25, 0.3) is 0 Å². The van der Waals surface area contributed by atoms with Crippen LogP contribution >= 0.6 is 0 Å². The van der Waals surface area contributed by atoms with Crippen molar-refractivity contribution >= 4 is 57.2 Å². The minimum Gasteiger partial charge on any atom is -0.307 e. The topological polar surface area (TPSA) is 99.6 Å². The Bertz CT molecular complexity index is 1110. The fourth-order valence-electron chi connectivity index (χ4n) is 3.74. The zero-order chi connectivity index (χ0) is 24.4. The molecule has 14 heteroatoms. The maximum Gasteiger partial charge on any atom is 0.416 e. The normalized spacial score (nSPS) is 16.7. The van der Waals surface area contributed by atoms with Crippen LogP contribution in [0, 0.1) is 0 Å². The molecule has 0 spiro atoms. The molecule has 0 unspecified atom stereocenters. The molecule has 1 saturated heterocycles. The van der Waals surface area contributed by atoms with Crippen molar-refractivity contribution in [3.8, 4) is 0 Å². The van der Waals surface area contributed by atoms with Crippen molar-refractivity contribution in [2.75, 3.05) is 29.8 Å². The van der Waals surface area contributed by atoms with E-state index in [4.69, 9.17) is 0 Å². The predicted molar refractivity (Wildman–Crippen MR) is 124 cm³/mol. The van der Waals surface area contributed by atoms with Crippen LogP contribution in [0.5, 0.6) is 0 Å². The third kappa shape index (κ3) is 7.11. The van der Waals surface area contributed by atoms with Crippen LogP contribution in [-0.2, 0) is 29.9 Å². The van der Waals surface area contributed by atoms with E-state index in [1.165, 1.54) is 23.1 Å². The van der Waals surface area contributed by atoms with Gasteiger partial charge in [0.15, 0.2) is 0 Å². The van der Waals surface area contributed by atoms with E-state index in [1.807, 2.05) is 16.7 Å². The number of carbonyl (C=O) groups excluding carboxylic acids is 1. The van der Waals surface area contributed by atoms with Gasteiger partial charge in [0.1, 0.15) is 0 Å². The molecule has 1 atom stereocenters. The van der Waals surface area contributed by atoms with Crippen molar-refractivity contribution in [3.63, 3.8) is 0 Å². The number of aromatic nitrogens is 2. The second-order valence-electron chi connectivity index (χ2n) is 8.01. The minimum atomic E-state index is -4.60. The first-order valence-electron chi connectivity index (χ1n) is 10.4. The fourth-order valence-corrected chi connectivity index (χ4v) is 4.88. The quantitative estimate of drug-likeness (QED) is 0.557. The van der Waals surface area contributed by atoms with Crippen LogP contribution < -0.4 is 14.3 Å². The van der Waals surface area contributed by atoms with E-state index in [9.17, 15) is 26.4 Å². The monoisotopic (exact) mass is 511 g/mol. The number of hydrogen-bond acceptors (Lipinski definition) is 5. The number of hydrogen-bond donors (Lipinski definition) is 2. The molecule has 34 heavy (non-hydrogen) atoms. The summed E-state index contributed by atoms with van der Waals surface area (Å²) in [6.07, 6.45) is 0.292. The largest absolute Gasteiger partial charge is 0.416 e. The Labute approximate surface area is 219 Å². The molecule has 2 amide bonds. The summed E-state index contributed by atoms with van der Waals surface area (Å²) in [5.74, 6) is 0. The molecular formula is C20H27F3N6NaO3S. The Morgan fingerprint density at radius 2 is 1.97 bits per heavy atom. The van der Waals surface area contributed by atoms with Gasteiger partial charge in [0.25, 0.3) is 0 Å². The summed E-state index contributed by atoms with van der Waals surface area (Å²) in [7, 11) is -0.850. The molecule has 183 valence electrons. The number of nitrogens with one attached hydrogen (secondary N) is 2. The number of carbonyl (C=O) groups is 1. The smallest absolute Gasteiger partial charge is 0.307 e. The Balaban J connectivity index is 0.00000408. The average Bonchev–Trinajstić information content (AvgIpc) is 3.32. The molecule has 1 aromatic heterocycles. The van der Waals surface area contributed by atoms with Gasteiger partial charge in [-0.3, -0.25) is 4.68 Å². The molecule has 1 aromatic carbocycles. The zero-order valence-corrected chi connectivity index (χ0v) is 22.4. The van der Waals surface area contributed by atoms with Gasteiger partial charge in [0.2, 0.25) is 0 Å². The molecule has 9 nitrogen and oxygen atoms in total. The molecular weight excluding hydrogens is 484 g/mol. The van der Waals surface area contributed by atoms with Gasteiger partial charge in [-0.1, -0.05) is 6.92 Å². The number of benzene rings is 1. The summed E-state index contributed by atoms with van der Waals surface area (Å²) in [6, 6.07) is 1.90. The van der Waals surface area contributed by atoms with Gasteiger partial charge in [-0.05, 0) is 56.6 Å². The van der Waals surface area contributed by atoms with Crippen molar-refractivity contribution in [1.29, 1.82) is 0 Å². The van der Waals surface area contributed by atoms with Crippen molar-refractivity contribution in [2.24, 2.45) is 7.05 Å². The van der Waals surface area contributed by atoms with Crippen LogP contribution in [0.1, 0.15) is 30.9 Å². The molecule has 1 aliphatic rings. The van der Waals surface area contributed by atoms with E-state index in [2.05, 4.69) is 10.4 Å². The van der Waals surface area contributed by atoms with Crippen LogP contribution in [-0.4, -0.2) is 84.9 Å². The SMILES string of the molecule is CCc1cc(NC(=O)NS(=O)(=O)N(C[C@@H]2CCCN2C)c2cnn(C)c2)cc(C(F)(F)F)c1.[Na]. The molecule has 0 aliphatic carbocycles. The van der Waals surface area contributed by atoms with E-state index < -0.39 is 28.0 Å². The van der Waals surface area contributed by atoms with Gasteiger partial charge in [-0.15, -0.1) is 0 Å². The third-order valence-electron chi connectivity index (χ3n) is 5.53. The van der Waals surface area contributed by atoms with E-state index in [0.717, 1.165) is 35.8 Å². The standard InChI is InChI=1S/C20H27F3N6O3S.Na/c1-4-14-8-15(20(21,22)23)10-16(9-14)25-19(30)26-33(31,32)29(18-11-24-28(3)12-18)13-17-6-5-7-27(17)2;/h8-12,17H,4-7,13H2,1-3H3,(H2,25,26,30);/t17-;/m0./s1. The molecule has 0 bridgehead atoms. The molecule has 2 heterocycles. The molecule has 1 fully saturated rings. The molecule has 3 rings (SSSR count). The van der Waals surface area contributed by atoms with Gasteiger partial charge in [0, 0.05) is 54.5 Å². The first kappa shape index (κ1) is 28.4. The Kier molecular flexibility index (Phi) is 9.44. The maximum atomic E-state index is 13.2. The summed E-state index contributed by atoms with van der Waals surface area (Å²) in [6.45, 7) is 2.60. The van der Waals surface area contributed by atoms with Crippen molar-refractivity contribution < 1.29 is 26.4 Å². The summed E-state index contributed by atoms with van der Waals surface area (Å²) >= 11 is 0. The number of alkyl halides is 3. The Hall–Kier alpha value is -1.80. The molecule has 2 N–H and O–H groups in total. The number of rotatable bonds is 7. The van der Waals surface area contributed by atoms with Gasteiger partial charge < -0.3 is 10.2 Å². The Morgan fingerprint density at radius 3 is 2.50 bits per heavy atom. The number of likely N-dealkylation sites (tertiary alicyclic amines) is 1. The van der Waals surface area contributed by atoms with Crippen LogP contribution in [0.3, 0.4) is 0 Å². The Morgan fingerprint density at radius 1 is 1.26 bits per heavy atom. The van der Waals surface area contributed by atoms with Crippen molar-refractivity contribution in [1.82, 2.24) is 19.4 Å². The van der Waals surface area contributed by atoms with Crippen LogP contribution in [0.4, 0.5) is 29.3 Å². The summed E-state index contributed by atoms with van der Waals surface area (Å²) < 4.78 is 70.1. The molecule has 1 radical (unpaired) electrons. The maximum absolute atomic E-state index is 13.2. The summed E-state index contributed by atoms with van der Waals surface area (Å²) in [5.41, 5.74) is -0.464. The number of amides is 2. The number of likely N-dealkylation sites (N-methyl/N-ethyl adjacent to an activating group) is 1. The zero-order valence-electron chi connectivity index (χ0n) is 19.6. The molecule has 2 aromatic rings. The van der Waals surface area contributed by atoms with E-state index in [1.54, 1.807) is 14.0 Å². The first-order chi connectivity index (χ1) is 15.4. The van der Waals surface area contributed by atoms with E-state index >= 15 is 0 Å². The fraction of sp³-hybridized carbons (Fsp3) is 0.500. The second-order valence-corrected chi connectivity index (χ2v) is 9.61. The number of nitrogens with zero attached hydrogens (tertiary/aromatic N) is 4. The minimum absolute atomic E-state index is 0. The third-order valence-corrected chi connectivity index (χ3v) is 6.91. The molecule has 0 saturated carbocycles. The predicted octanol–water partition coefficient (Wildman–Crippen LogP) is 2.59. The second kappa shape index (κ2) is 11.3. The average molecular weight is 512 g/mol. The van der Waals surface area contributed by atoms with E-state index in [-0.39, 0.29) is 53.5 Å². The summed E-state index contributed by atoms with van der Waals surface area (Å²) in [4.78, 5) is 14.5. The van der Waals surface area contributed by atoms with Gasteiger partial charge in [-0.25, -0.2) is 13.8 Å². The van der Waals surface area contributed by atoms with Gasteiger partial charge in [0.05, 0.1) is 24.0 Å². The first-order valence-corrected chi connectivity index (χ1v) is 11.8. The number of halogens is 3. The summed E-state index contributed by atoms with van der Waals surface area (Å²) in [5, 5.41) is 6.22. The number of anilines is 2. The van der Waals surface area contributed by atoms with Crippen LogP contribution in [0.2, 0.25) is 0 Å². The number of urea groups is 1. The number of aryl methyl sites for hydroxylation is 2. The van der Waals surface area contributed by atoms with Crippen molar-refractivity contribution in [2.45, 2.75) is 38.4 Å². The van der Waals surface area contributed by atoms with Crippen LogP contribution in [0.15, 0.2) is 30.6 Å². The van der Waals surface area contributed by atoms with E-state index in [0.29, 0.717) is 12.0 Å². The van der Waals surface area contributed by atoms with Crippen molar-refractivity contribution in [3.05, 3.63) is 41.7 Å². The molecule has 1 aliphatic heterocycles.